The number of rotatable bonds is 10. The molecule has 2 aromatic rings. The van der Waals surface area contributed by atoms with Crippen molar-refractivity contribution < 1.29 is 19.3 Å². The molecule has 2 rings (SSSR count). The molecule has 5 nitrogen and oxygen atoms in total. The van der Waals surface area contributed by atoms with E-state index in [1.165, 1.54) is 0 Å². The number of nitrogens with zero attached hydrogens (tertiary/aromatic N) is 1. The maximum absolute atomic E-state index is 10.4. The van der Waals surface area contributed by atoms with Gasteiger partial charge in [-0.2, -0.15) is 0 Å². The second-order valence-corrected chi connectivity index (χ2v) is 6.49. The van der Waals surface area contributed by atoms with Crippen molar-refractivity contribution >= 4 is 0 Å². The Balaban J connectivity index is 1.95. The summed E-state index contributed by atoms with van der Waals surface area (Å²) in [5.41, 5.74) is 1.10. The first kappa shape index (κ1) is 20.1. The van der Waals surface area contributed by atoms with Gasteiger partial charge in [0, 0.05) is 19.1 Å². The van der Waals surface area contributed by atoms with Crippen LogP contribution < -0.4 is 14.2 Å². The Morgan fingerprint density at radius 2 is 1.65 bits per heavy atom. The summed E-state index contributed by atoms with van der Waals surface area (Å²) >= 11 is 0. The SMILES string of the molecule is COc1ccc(CN(C[C@@H](O)COc2ccccc2)C(C)C)cc1OC. The van der Waals surface area contributed by atoms with Gasteiger partial charge >= 0.3 is 0 Å². The number of para-hydroxylation sites is 1. The molecule has 26 heavy (non-hydrogen) atoms. The molecule has 0 aliphatic carbocycles. The molecular weight excluding hydrogens is 330 g/mol. The highest BCUT2D eigenvalue weighted by Gasteiger charge is 2.17. The lowest BCUT2D eigenvalue weighted by Crippen LogP contribution is -2.39. The summed E-state index contributed by atoms with van der Waals surface area (Å²) in [6, 6.07) is 15.7. The van der Waals surface area contributed by atoms with Gasteiger partial charge in [0.1, 0.15) is 18.5 Å². The quantitative estimate of drug-likeness (QED) is 0.705. The number of ether oxygens (including phenoxy) is 3. The highest BCUT2D eigenvalue weighted by molar-refractivity contribution is 5.42. The second kappa shape index (κ2) is 10.0. The van der Waals surface area contributed by atoms with Crippen LogP contribution >= 0.6 is 0 Å². The Morgan fingerprint density at radius 1 is 0.962 bits per heavy atom. The first-order valence-electron chi connectivity index (χ1n) is 8.84. The molecule has 0 fully saturated rings. The highest BCUT2D eigenvalue weighted by atomic mass is 16.5. The van der Waals surface area contributed by atoms with Crippen LogP contribution in [0.25, 0.3) is 0 Å². The predicted octanol–water partition coefficient (Wildman–Crippen LogP) is 3.35. The summed E-state index contributed by atoms with van der Waals surface area (Å²) in [6.45, 7) is 5.73. The molecule has 0 aliphatic heterocycles. The minimum atomic E-state index is -0.572. The maximum atomic E-state index is 10.4. The summed E-state index contributed by atoms with van der Waals surface area (Å²) in [6.07, 6.45) is -0.572. The summed E-state index contributed by atoms with van der Waals surface area (Å²) in [5, 5.41) is 10.4. The summed E-state index contributed by atoms with van der Waals surface area (Å²) in [5.74, 6) is 2.19. The van der Waals surface area contributed by atoms with Crippen LogP contribution in [0.3, 0.4) is 0 Å². The lowest BCUT2D eigenvalue weighted by molar-refractivity contribution is 0.0543. The highest BCUT2D eigenvalue weighted by Crippen LogP contribution is 2.28. The standard InChI is InChI=1S/C21H29NO4/c1-16(2)22(13-17-10-11-20(24-3)21(12-17)25-4)14-18(23)15-26-19-8-6-5-7-9-19/h5-12,16,18,23H,13-15H2,1-4H3/t18-/m1/s1. The van der Waals surface area contributed by atoms with Gasteiger partial charge in [-0.15, -0.1) is 0 Å². The van der Waals surface area contributed by atoms with Crippen LogP contribution in [0.15, 0.2) is 48.5 Å². The lowest BCUT2D eigenvalue weighted by Gasteiger charge is -2.29. The van der Waals surface area contributed by atoms with Crippen molar-refractivity contribution in [2.45, 2.75) is 32.5 Å². The third-order valence-electron chi connectivity index (χ3n) is 4.19. The number of aliphatic hydroxyl groups excluding tert-OH is 1. The number of aliphatic hydroxyl groups is 1. The zero-order valence-corrected chi connectivity index (χ0v) is 16.0. The van der Waals surface area contributed by atoms with Gasteiger partial charge in [-0.25, -0.2) is 0 Å². The molecule has 0 unspecified atom stereocenters. The van der Waals surface area contributed by atoms with Gasteiger partial charge in [-0.1, -0.05) is 24.3 Å². The van der Waals surface area contributed by atoms with E-state index in [1.54, 1.807) is 14.2 Å². The summed E-state index contributed by atoms with van der Waals surface area (Å²) < 4.78 is 16.3. The van der Waals surface area contributed by atoms with Gasteiger partial charge in [0.05, 0.1) is 14.2 Å². The van der Waals surface area contributed by atoms with Crippen LogP contribution in [0, 0.1) is 0 Å². The number of hydrogen-bond donors (Lipinski definition) is 1. The van der Waals surface area contributed by atoms with Crippen molar-refractivity contribution in [3.8, 4) is 17.2 Å². The molecule has 0 saturated heterocycles. The Morgan fingerprint density at radius 3 is 2.27 bits per heavy atom. The molecule has 0 bridgehead atoms. The molecular formula is C21H29NO4. The van der Waals surface area contributed by atoms with E-state index in [2.05, 4.69) is 18.7 Å². The third-order valence-corrected chi connectivity index (χ3v) is 4.19. The average molecular weight is 359 g/mol. The minimum Gasteiger partial charge on any atom is -0.493 e. The zero-order valence-electron chi connectivity index (χ0n) is 16.0. The van der Waals surface area contributed by atoms with E-state index < -0.39 is 6.10 Å². The molecule has 0 saturated carbocycles. The molecule has 0 aliphatic rings. The van der Waals surface area contributed by atoms with Crippen LogP contribution in [0.5, 0.6) is 17.2 Å². The molecule has 1 atom stereocenters. The van der Waals surface area contributed by atoms with Crippen molar-refractivity contribution in [1.29, 1.82) is 0 Å². The molecule has 2 aromatic carbocycles. The third kappa shape index (κ3) is 5.93. The van der Waals surface area contributed by atoms with E-state index in [9.17, 15) is 5.11 Å². The number of benzene rings is 2. The van der Waals surface area contributed by atoms with Gasteiger partial charge < -0.3 is 19.3 Å². The van der Waals surface area contributed by atoms with E-state index in [1.807, 2.05) is 48.5 Å². The molecule has 5 heteroatoms. The number of hydrogen-bond acceptors (Lipinski definition) is 5. The van der Waals surface area contributed by atoms with E-state index in [4.69, 9.17) is 14.2 Å². The van der Waals surface area contributed by atoms with Crippen molar-refractivity contribution in [2.75, 3.05) is 27.4 Å². The van der Waals surface area contributed by atoms with Gasteiger partial charge in [0.25, 0.3) is 0 Å². The summed E-state index contributed by atoms with van der Waals surface area (Å²) in [4.78, 5) is 2.21. The van der Waals surface area contributed by atoms with Crippen LogP contribution in [-0.4, -0.2) is 49.5 Å². The monoisotopic (exact) mass is 359 g/mol. The predicted molar refractivity (Wildman–Crippen MR) is 103 cm³/mol. The van der Waals surface area contributed by atoms with Crippen molar-refractivity contribution in [3.63, 3.8) is 0 Å². The van der Waals surface area contributed by atoms with E-state index in [0.29, 0.717) is 24.6 Å². The van der Waals surface area contributed by atoms with Crippen LogP contribution in [-0.2, 0) is 6.54 Å². The van der Waals surface area contributed by atoms with E-state index in [-0.39, 0.29) is 12.6 Å². The van der Waals surface area contributed by atoms with Crippen LogP contribution in [0.1, 0.15) is 19.4 Å². The Hall–Kier alpha value is -2.24. The van der Waals surface area contributed by atoms with E-state index in [0.717, 1.165) is 11.3 Å². The lowest BCUT2D eigenvalue weighted by atomic mass is 10.1. The smallest absolute Gasteiger partial charge is 0.161 e. The molecule has 0 aromatic heterocycles. The zero-order chi connectivity index (χ0) is 18.9. The first-order valence-corrected chi connectivity index (χ1v) is 8.84. The molecule has 0 spiro atoms. The fourth-order valence-electron chi connectivity index (χ4n) is 2.70. The van der Waals surface area contributed by atoms with Gasteiger partial charge in [-0.05, 0) is 43.7 Å². The van der Waals surface area contributed by atoms with E-state index >= 15 is 0 Å². The average Bonchev–Trinajstić information content (AvgIpc) is 2.66. The molecule has 0 heterocycles. The maximum Gasteiger partial charge on any atom is 0.161 e. The van der Waals surface area contributed by atoms with Crippen LogP contribution in [0.4, 0.5) is 0 Å². The largest absolute Gasteiger partial charge is 0.493 e. The van der Waals surface area contributed by atoms with Gasteiger partial charge in [0.15, 0.2) is 11.5 Å². The van der Waals surface area contributed by atoms with Gasteiger partial charge in [-0.3, -0.25) is 4.90 Å². The molecule has 0 radical (unpaired) electrons. The number of methoxy groups -OCH3 is 2. The molecule has 0 amide bonds. The van der Waals surface area contributed by atoms with Crippen LogP contribution in [0.2, 0.25) is 0 Å². The molecule has 142 valence electrons. The fourth-order valence-corrected chi connectivity index (χ4v) is 2.70. The Labute approximate surface area is 156 Å². The van der Waals surface area contributed by atoms with Crippen molar-refractivity contribution in [1.82, 2.24) is 4.90 Å². The minimum absolute atomic E-state index is 0.263. The normalized spacial score (nSPS) is 12.3. The topological polar surface area (TPSA) is 51.2 Å². The van der Waals surface area contributed by atoms with Crippen molar-refractivity contribution in [3.05, 3.63) is 54.1 Å². The van der Waals surface area contributed by atoms with Crippen molar-refractivity contribution in [2.24, 2.45) is 0 Å². The van der Waals surface area contributed by atoms with Gasteiger partial charge in [0.2, 0.25) is 0 Å². The fraction of sp³-hybridized carbons (Fsp3) is 0.429. The first-order chi connectivity index (χ1) is 12.5. The second-order valence-electron chi connectivity index (χ2n) is 6.49. The Bertz CT molecular complexity index is 660. The Kier molecular flexibility index (Phi) is 7.75. The summed E-state index contributed by atoms with van der Waals surface area (Å²) in [7, 11) is 3.26. The molecule has 1 N–H and O–H groups in total.